The van der Waals surface area contributed by atoms with Gasteiger partial charge >= 0.3 is 0 Å². The molecule has 1 heterocycles. The number of amides is 1. The number of carbonyl (C=O) groups excluding carboxylic acids is 1. The van der Waals surface area contributed by atoms with Crippen molar-refractivity contribution in [3.63, 3.8) is 0 Å². The van der Waals surface area contributed by atoms with Crippen molar-refractivity contribution >= 4 is 23.0 Å². The number of aromatic nitrogens is 1. The van der Waals surface area contributed by atoms with Crippen LogP contribution < -0.4 is 10.2 Å². The normalized spacial score (nSPS) is 12.8. The zero-order valence-electron chi connectivity index (χ0n) is 14.0. The summed E-state index contributed by atoms with van der Waals surface area (Å²) in [6.45, 7) is 6.23. The summed E-state index contributed by atoms with van der Waals surface area (Å²) in [6, 6.07) is 1.60. The van der Waals surface area contributed by atoms with E-state index >= 15 is 0 Å². The molecule has 0 aliphatic rings. The highest BCUT2D eigenvalue weighted by Gasteiger charge is 2.19. The lowest BCUT2D eigenvalue weighted by Crippen LogP contribution is -2.29. The van der Waals surface area contributed by atoms with Crippen LogP contribution in [0.4, 0.5) is 0 Å². The Balaban J connectivity index is 3.15. The first-order valence-electron chi connectivity index (χ1n) is 7.05. The average molecular weight is 319 g/mol. The van der Waals surface area contributed by atoms with E-state index in [-0.39, 0.29) is 11.5 Å². The maximum Gasteiger partial charge on any atom is 0.273 e. The number of oxime groups is 2. The Morgan fingerprint density at radius 2 is 2.04 bits per heavy atom. The number of rotatable bonds is 7. The van der Waals surface area contributed by atoms with Crippen LogP contribution in [0.15, 0.2) is 33.8 Å². The van der Waals surface area contributed by atoms with E-state index in [1.54, 1.807) is 13.0 Å². The summed E-state index contributed by atoms with van der Waals surface area (Å²) >= 11 is 0. The molecular formula is C15H21N5O3. The molecule has 0 aliphatic heterocycles. The molecule has 23 heavy (non-hydrogen) atoms. The third kappa shape index (κ3) is 5.17. The first kappa shape index (κ1) is 18.3. The van der Waals surface area contributed by atoms with Gasteiger partial charge in [0.25, 0.3) is 5.91 Å². The van der Waals surface area contributed by atoms with E-state index in [4.69, 9.17) is 9.68 Å². The number of hydrogen-bond acceptors (Lipinski definition) is 7. The van der Waals surface area contributed by atoms with E-state index in [1.807, 2.05) is 13.8 Å². The van der Waals surface area contributed by atoms with E-state index in [9.17, 15) is 4.79 Å². The fourth-order valence-electron chi connectivity index (χ4n) is 1.61. The van der Waals surface area contributed by atoms with Crippen molar-refractivity contribution in [1.82, 2.24) is 10.3 Å². The molecule has 1 N–H and O–H groups in total. The molecule has 0 atom stereocenters. The summed E-state index contributed by atoms with van der Waals surface area (Å²) in [5.74, 6) is -0.122. The lowest BCUT2D eigenvalue weighted by molar-refractivity contribution is -0.114. The summed E-state index contributed by atoms with van der Waals surface area (Å²) in [5, 5.41) is 10.3. The third-order valence-electron chi connectivity index (χ3n) is 2.86. The van der Waals surface area contributed by atoms with Gasteiger partial charge in [-0.15, -0.1) is 0 Å². The molecule has 0 saturated carbocycles. The lowest BCUT2D eigenvalue weighted by Gasteiger charge is -2.08. The van der Waals surface area contributed by atoms with Crippen molar-refractivity contribution in [1.29, 1.82) is 0 Å². The van der Waals surface area contributed by atoms with Gasteiger partial charge in [-0.2, -0.15) is 0 Å². The van der Waals surface area contributed by atoms with Gasteiger partial charge in [-0.3, -0.25) is 14.8 Å². The number of pyridine rings is 1. The summed E-state index contributed by atoms with van der Waals surface area (Å²) in [5.41, 5.74) is 1.89. The molecule has 8 nitrogen and oxygen atoms in total. The molecule has 8 heteroatoms. The van der Waals surface area contributed by atoms with Crippen LogP contribution >= 0.6 is 0 Å². The lowest BCUT2D eigenvalue weighted by atomic mass is 10.1. The highest BCUT2D eigenvalue weighted by Crippen LogP contribution is 2.18. The van der Waals surface area contributed by atoms with E-state index < -0.39 is 5.91 Å². The molecule has 1 rings (SSSR count). The highest BCUT2D eigenvalue weighted by atomic mass is 16.6. The van der Waals surface area contributed by atoms with Crippen LogP contribution in [0.3, 0.4) is 0 Å². The van der Waals surface area contributed by atoms with Gasteiger partial charge in [-0.25, -0.2) is 0 Å². The Kier molecular flexibility index (Phi) is 7.38. The van der Waals surface area contributed by atoms with Crippen LogP contribution in [0, 0.1) is 0 Å². The molecule has 0 saturated heterocycles. The zero-order chi connectivity index (χ0) is 17.2. The monoisotopic (exact) mass is 319 g/mol. The standard InChI is InChI=1S/C15H21N5O3/c1-6-18-10(2)11(3)19-23-13-9-17-8-7-12(13)14(20-22-5)15(21)16-4/h7-9H,6H2,1-5H3,(H,16,21)/b18-10?,19-11+,20-14+. The molecule has 0 bridgehead atoms. The summed E-state index contributed by atoms with van der Waals surface area (Å²) in [4.78, 5) is 30.3. The van der Waals surface area contributed by atoms with Gasteiger partial charge in [0, 0.05) is 19.8 Å². The number of nitrogens with zero attached hydrogens (tertiary/aromatic N) is 4. The highest BCUT2D eigenvalue weighted by molar-refractivity contribution is 6.45. The van der Waals surface area contributed by atoms with Crippen LogP contribution in [-0.4, -0.2) is 48.7 Å². The molecule has 0 radical (unpaired) electrons. The number of carbonyl (C=O) groups is 1. The van der Waals surface area contributed by atoms with E-state index in [0.29, 0.717) is 17.8 Å². The van der Waals surface area contributed by atoms with Gasteiger partial charge in [0.15, 0.2) is 11.5 Å². The van der Waals surface area contributed by atoms with Gasteiger partial charge in [0.1, 0.15) is 7.11 Å². The smallest absolute Gasteiger partial charge is 0.273 e. The Morgan fingerprint density at radius 1 is 1.30 bits per heavy atom. The minimum absolute atomic E-state index is 0.0687. The molecule has 1 amide bonds. The Bertz CT molecular complexity index is 638. The van der Waals surface area contributed by atoms with Crippen LogP contribution in [-0.2, 0) is 9.63 Å². The minimum Gasteiger partial charge on any atom is -0.398 e. The Morgan fingerprint density at radius 3 is 2.65 bits per heavy atom. The molecule has 0 aliphatic carbocycles. The SMILES string of the molecule is CCN=C(C)/C(C)=N/Oc1cnccc1/C(=N\OC)C(=O)NC. The van der Waals surface area contributed by atoms with Crippen LogP contribution in [0.25, 0.3) is 0 Å². The second-order valence-electron chi connectivity index (χ2n) is 4.40. The third-order valence-corrected chi connectivity index (χ3v) is 2.86. The molecule has 1 aromatic heterocycles. The first-order chi connectivity index (χ1) is 11.0. The molecule has 1 aromatic rings. The Hall–Kier alpha value is -2.77. The zero-order valence-corrected chi connectivity index (χ0v) is 14.0. The van der Waals surface area contributed by atoms with E-state index in [1.165, 1.54) is 26.6 Å². The second kappa shape index (κ2) is 9.29. The van der Waals surface area contributed by atoms with Gasteiger partial charge in [0.2, 0.25) is 0 Å². The van der Waals surface area contributed by atoms with Crippen molar-refractivity contribution in [3.05, 3.63) is 24.0 Å². The molecular weight excluding hydrogens is 298 g/mol. The second-order valence-corrected chi connectivity index (χ2v) is 4.40. The molecule has 0 fully saturated rings. The maximum atomic E-state index is 11.9. The fourth-order valence-corrected chi connectivity index (χ4v) is 1.61. The van der Waals surface area contributed by atoms with E-state index in [0.717, 1.165) is 5.71 Å². The largest absolute Gasteiger partial charge is 0.398 e. The van der Waals surface area contributed by atoms with Crippen LogP contribution in [0.5, 0.6) is 5.75 Å². The van der Waals surface area contributed by atoms with Gasteiger partial charge in [-0.1, -0.05) is 10.3 Å². The van der Waals surface area contributed by atoms with Gasteiger partial charge < -0.3 is 15.0 Å². The Labute approximate surface area is 135 Å². The predicted molar refractivity (Wildman–Crippen MR) is 89.2 cm³/mol. The molecule has 0 unspecified atom stereocenters. The molecule has 0 aromatic carbocycles. The van der Waals surface area contributed by atoms with Crippen molar-refractivity contribution in [2.45, 2.75) is 20.8 Å². The average Bonchev–Trinajstić information content (AvgIpc) is 2.57. The van der Waals surface area contributed by atoms with Crippen molar-refractivity contribution in [2.24, 2.45) is 15.3 Å². The van der Waals surface area contributed by atoms with E-state index in [2.05, 4.69) is 25.6 Å². The van der Waals surface area contributed by atoms with Crippen LogP contribution in [0.2, 0.25) is 0 Å². The molecule has 0 spiro atoms. The minimum atomic E-state index is -0.410. The van der Waals surface area contributed by atoms with Crippen molar-refractivity contribution < 1.29 is 14.5 Å². The first-order valence-corrected chi connectivity index (χ1v) is 7.05. The number of aliphatic imine (C=N–C) groups is 1. The summed E-state index contributed by atoms with van der Waals surface area (Å²) in [7, 11) is 2.86. The topological polar surface area (TPSA) is 97.5 Å². The molecule has 124 valence electrons. The predicted octanol–water partition coefficient (Wildman–Crippen LogP) is 1.41. The number of nitrogens with one attached hydrogen (secondary N) is 1. The number of likely N-dealkylation sites (N-methyl/N-ethyl adjacent to an activating group) is 1. The summed E-state index contributed by atoms with van der Waals surface area (Å²) in [6.07, 6.45) is 2.98. The quantitative estimate of drug-likeness (QED) is 0.607. The van der Waals surface area contributed by atoms with Crippen LogP contribution in [0.1, 0.15) is 26.3 Å². The van der Waals surface area contributed by atoms with Crippen molar-refractivity contribution in [3.8, 4) is 5.75 Å². The summed E-state index contributed by atoms with van der Waals surface area (Å²) < 4.78 is 0. The fraction of sp³-hybridized carbons (Fsp3) is 0.400. The van der Waals surface area contributed by atoms with Gasteiger partial charge in [-0.05, 0) is 26.8 Å². The number of hydrogen-bond donors (Lipinski definition) is 1. The maximum absolute atomic E-state index is 11.9. The van der Waals surface area contributed by atoms with Crippen molar-refractivity contribution in [2.75, 3.05) is 20.7 Å². The van der Waals surface area contributed by atoms with Gasteiger partial charge in [0.05, 0.1) is 23.2 Å².